The number of furan rings is 1. The average Bonchev–Trinajstić information content (AvgIpc) is 3.42. The van der Waals surface area contributed by atoms with Gasteiger partial charge in [-0.15, -0.1) is 0 Å². The number of oxime groups is 1. The Morgan fingerprint density at radius 2 is 1.96 bits per heavy atom. The molecular weight excluding hydrogens is 314 g/mol. The molecule has 0 saturated heterocycles. The van der Waals surface area contributed by atoms with Gasteiger partial charge < -0.3 is 9.25 Å². The molecule has 0 N–H and O–H groups in total. The van der Waals surface area contributed by atoms with E-state index in [4.69, 9.17) is 9.25 Å². The molecule has 1 aliphatic rings. The summed E-state index contributed by atoms with van der Waals surface area (Å²) in [7, 11) is 0. The van der Waals surface area contributed by atoms with E-state index in [0.717, 1.165) is 45.5 Å². The molecule has 2 aromatic heterocycles. The zero-order valence-corrected chi connectivity index (χ0v) is 13.4. The van der Waals surface area contributed by atoms with E-state index in [9.17, 15) is 0 Å². The molecule has 1 aliphatic heterocycles. The minimum absolute atomic E-state index is 0.657. The predicted octanol–water partition coefficient (Wildman–Crippen LogP) is 4.41. The number of benzene rings is 2. The van der Waals surface area contributed by atoms with Crippen LogP contribution in [0.5, 0.6) is 0 Å². The first-order chi connectivity index (χ1) is 12.4. The molecule has 0 unspecified atom stereocenters. The summed E-state index contributed by atoms with van der Waals surface area (Å²) in [5.41, 5.74) is 7.31. The van der Waals surface area contributed by atoms with Crippen molar-refractivity contribution in [3.8, 4) is 16.8 Å². The minimum Gasteiger partial charge on any atom is -0.472 e. The summed E-state index contributed by atoms with van der Waals surface area (Å²) in [6.45, 7) is 0.657. The van der Waals surface area contributed by atoms with Crippen LogP contribution in [0, 0.1) is 0 Å². The van der Waals surface area contributed by atoms with Crippen LogP contribution in [0.4, 0.5) is 0 Å². The fourth-order valence-electron chi connectivity index (χ4n) is 3.17. The van der Waals surface area contributed by atoms with E-state index in [1.165, 1.54) is 0 Å². The van der Waals surface area contributed by atoms with E-state index in [1.807, 2.05) is 18.5 Å². The topological polar surface area (TPSA) is 52.5 Å². The molecule has 5 nitrogen and oxygen atoms in total. The molecule has 0 fully saturated rings. The molecular formula is C20H15N3O2. The number of fused-ring (bicyclic) bond motifs is 1. The number of hydrogen-bond donors (Lipinski definition) is 0. The molecule has 0 saturated carbocycles. The normalized spacial score (nSPS) is 13.8. The van der Waals surface area contributed by atoms with Crippen LogP contribution in [0.15, 0.2) is 77.0 Å². The summed E-state index contributed by atoms with van der Waals surface area (Å²) < 4.78 is 7.26. The Hall–Kier alpha value is -3.34. The van der Waals surface area contributed by atoms with E-state index in [0.29, 0.717) is 6.61 Å². The van der Waals surface area contributed by atoms with Crippen molar-refractivity contribution in [3.63, 3.8) is 0 Å². The molecule has 5 heteroatoms. The molecule has 0 radical (unpaired) electrons. The highest BCUT2D eigenvalue weighted by Gasteiger charge is 2.12. The Bertz CT molecular complexity index is 1080. The van der Waals surface area contributed by atoms with Gasteiger partial charge in [0.25, 0.3) is 0 Å². The van der Waals surface area contributed by atoms with Gasteiger partial charge in [-0.25, -0.2) is 4.98 Å². The predicted molar refractivity (Wildman–Crippen MR) is 95.9 cm³/mol. The fourth-order valence-corrected chi connectivity index (χ4v) is 3.17. The van der Waals surface area contributed by atoms with Crippen molar-refractivity contribution in [2.24, 2.45) is 5.16 Å². The third kappa shape index (κ3) is 2.41. The number of rotatable bonds is 3. The second kappa shape index (κ2) is 5.63. The standard InChI is InChI=1S/C20H15N3O2/c1-2-15(18-7-9-25-22-18)10-17(3-1)23-13-21-19-11-14(4-5-20(19)23)16-6-8-24-12-16/h1-6,8,10-13H,7,9H2. The van der Waals surface area contributed by atoms with Crippen LogP contribution < -0.4 is 0 Å². The minimum atomic E-state index is 0.657. The third-order valence-electron chi connectivity index (χ3n) is 4.46. The smallest absolute Gasteiger partial charge is 0.122 e. The Morgan fingerprint density at radius 3 is 2.80 bits per heavy atom. The Kier molecular flexibility index (Phi) is 3.16. The first-order valence-corrected chi connectivity index (χ1v) is 8.18. The Labute approximate surface area is 144 Å². The van der Waals surface area contributed by atoms with Gasteiger partial charge in [-0.1, -0.05) is 23.4 Å². The van der Waals surface area contributed by atoms with Gasteiger partial charge in [-0.05, 0) is 35.9 Å². The quantitative estimate of drug-likeness (QED) is 0.559. The van der Waals surface area contributed by atoms with Gasteiger partial charge >= 0.3 is 0 Å². The van der Waals surface area contributed by atoms with Crippen LogP contribution in [0.3, 0.4) is 0 Å². The summed E-state index contributed by atoms with van der Waals surface area (Å²) >= 11 is 0. The molecule has 2 aromatic carbocycles. The second-order valence-corrected chi connectivity index (χ2v) is 6.00. The van der Waals surface area contributed by atoms with Crippen molar-refractivity contribution in [2.45, 2.75) is 6.42 Å². The highest BCUT2D eigenvalue weighted by atomic mass is 16.6. The highest BCUT2D eigenvalue weighted by Crippen LogP contribution is 2.26. The van der Waals surface area contributed by atoms with Crippen LogP contribution >= 0.6 is 0 Å². The van der Waals surface area contributed by atoms with Crippen molar-refractivity contribution in [2.75, 3.05) is 6.61 Å². The summed E-state index contributed by atoms with van der Waals surface area (Å²) in [4.78, 5) is 9.69. The summed E-state index contributed by atoms with van der Waals surface area (Å²) in [5, 5.41) is 4.11. The lowest BCUT2D eigenvalue weighted by Crippen LogP contribution is -2.00. The van der Waals surface area contributed by atoms with Crippen LogP contribution in [-0.4, -0.2) is 21.9 Å². The van der Waals surface area contributed by atoms with Crippen molar-refractivity contribution in [1.29, 1.82) is 0 Å². The monoisotopic (exact) mass is 329 g/mol. The van der Waals surface area contributed by atoms with Gasteiger partial charge in [0.15, 0.2) is 0 Å². The Balaban J connectivity index is 1.58. The Morgan fingerprint density at radius 1 is 0.960 bits per heavy atom. The van der Waals surface area contributed by atoms with Crippen molar-refractivity contribution in [1.82, 2.24) is 9.55 Å². The molecule has 0 atom stereocenters. The molecule has 0 spiro atoms. The van der Waals surface area contributed by atoms with Crippen molar-refractivity contribution in [3.05, 3.63) is 72.9 Å². The third-order valence-corrected chi connectivity index (χ3v) is 4.46. The summed E-state index contributed by atoms with van der Waals surface area (Å²) in [6, 6.07) is 16.5. The zero-order valence-electron chi connectivity index (χ0n) is 13.4. The lowest BCUT2D eigenvalue weighted by atomic mass is 10.1. The zero-order chi connectivity index (χ0) is 16.6. The fraction of sp³-hybridized carbons (Fsp3) is 0.100. The molecule has 0 bridgehead atoms. The maximum atomic E-state index is 5.17. The first-order valence-electron chi connectivity index (χ1n) is 8.18. The van der Waals surface area contributed by atoms with Gasteiger partial charge in [0, 0.05) is 23.2 Å². The van der Waals surface area contributed by atoms with Gasteiger partial charge in [0.2, 0.25) is 0 Å². The maximum Gasteiger partial charge on any atom is 0.122 e. The number of hydrogen-bond acceptors (Lipinski definition) is 4. The van der Waals surface area contributed by atoms with Crippen molar-refractivity contribution >= 4 is 16.7 Å². The largest absolute Gasteiger partial charge is 0.472 e. The SMILES string of the molecule is c1cc(C2=NOCC2)cc(-n2cnc3cc(-c4ccoc4)ccc32)c1. The number of imidazole rings is 1. The van der Waals surface area contributed by atoms with E-state index < -0.39 is 0 Å². The van der Waals surface area contributed by atoms with E-state index in [-0.39, 0.29) is 0 Å². The molecule has 122 valence electrons. The lowest BCUT2D eigenvalue weighted by molar-refractivity contribution is 0.174. The number of aromatic nitrogens is 2. The average molecular weight is 329 g/mol. The van der Waals surface area contributed by atoms with Gasteiger partial charge in [-0.3, -0.25) is 4.57 Å². The lowest BCUT2D eigenvalue weighted by Gasteiger charge is -2.07. The molecule has 25 heavy (non-hydrogen) atoms. The van der Waals surface area contributed by atoms with E-state index >= 15 is 0 Å². The second-order valence-electron chi connectivity index (χ2n) is 6.00. The molecule has 5 rings (SSSR count). The van der Waals surface area contributed by atoms with Crippen LogP contribution in [0.25, 0.3) is 27.8 Å². The molecule has 4 aromatic rings. The number of nitrogens with zero attached hydrogens (tertiary/aromatic N) is 3. The van der Waals surface area contributed by atoms with Gasteiger partial charge in [-0.2, -0.15) is 0 Å². The molecule has 0 aliphatic carbocycles. The van der Waals surface area contributed by atoms with Gasteiger partial charge in [0.05, 0.1) is 29.3 Å². The summed E-state index contributed by atoms with van der Waals surface area (Å²) in [6.07, 6.45) is 6.13. The van der Waals surface area contributed by atoms with E-state index in [2.05, 4.69) is 51.1 Å². The van der Waals surface area contributed by atoms with E-state index in [1.54, 1.807) is 12.5 Å². The van der Waals surface area contributed by atoms with Crippen LogP contribution in [0.1, 0.15) is 12.0 Å². The summed E-state index contributed by atoms with van der Waals surface area (Å²) in [5.74, 6) is 0. The van der Waals surface area contributed by atoms with Crippen LogP contribution in [-0.2, 0) is 4.84 Å². The van der Waals surface area contributed by atoms with Gasteiger partial charge in [0.1, 0.15) is 12.9 Å². The molecule has 0 amide bonds. The van der Waals surface area contributed by atoms with Crippen molar-refractivity contribution < 1.29 is 9.25 Å². The highest BCUT2D eigenvalue weighted by molar-refractivity contribution is 6.01. The van der Waals surface area contributed by atoms with Crippen LogP contribution in [0.2, 0.25) is 0 Å². The first kappa shape index (κ1) is 14.0. The maximum absolute atomic E-state index is 5.17. The molecule has 3 heterocycles.